The van der Waals surface area contributed by atoms with Crippen molar-refractivity contribution < 1.29 is 9.59 Å². The van der Waals surface area contributed by atoms with E-state index in [-0.39, 0.29) is 17.6 Å². The molecule has 1 aromatic heterocycles. The van der Waals surface area contributed by atoms with Crippen LogP contribution in [0.2, 0.25) is 0 Å². The fourth-order valence-electron chi connectivity index (χ4n) is 2.97. The van der Waals surface area contributed by atoms with Crippen molar-refractivity contribution >= 4 is 44.1 Å². The first-order valence-electron chi connectivity index (χ1n) is 8.44. The Morgan fingerprint density at radius 1 is 1.08 bits per heavy atom. The Bertz CT molecular complexity index is 909. The van der Waals surface area contributed by atoms with Gasteiger partial charge in [0.15, 0.2) is 10.9 Å². The fourth-order valence-corrected chi connectivity index (χ4v) is 3.96. The van der Waals surface area contributed by atoms with Crippen LogP contribution in [-0.2, 0) is 4.79 Å². The van der Waals surface area contributed by atoms with Gasteiger partial charge in [0.1, 0.15) is 0 Å². The Morgan fingerprint density at radius 3 is 2.40 bits per heavy atom. The van der Waals surface area contributed by atoms with Gasteiger partial charge in [-0.3, -0.25) is 14.5 Å². The van der Waals surface area contributed by atoms with E-state index in [2.05, 4.69) is 4.98 Å². The van der Waals surface area contributed by atoms with Gasteiger partial charge in [0.2, 0.25) is 5.91 Å². The molecule has 1 aliphatic carbocycles. The summed E-state index contributed by atoms with van der Waals surface area (Å²) in [7, 11) is 0. The van der Waals surface area contributed by atoms with Crippen molar-refractivity contribution in [2.75, 3.05) is 4.90 Å². The van der Waals surface area contributed by atoms with Crippen molar-refractivity contribution in [1.82, 2.24) is 4.98 Å². The molecule has 0 saturated heterocycles. The van der Waals surface area contributed by atoms with Crippen molar-refractivity contribution in [1.29, 1.82) is 0 Å². The van der Waals surface area contributed by atoms with E-state index >= 15 is 0 Å². The fraction of sp³-hybridized carbons (Fsp3) is 0.250. The molecule has 126 valence electrons. The zero-order chi connectivity index (χ0) is 17.4. The number of carbonyl (C=O) groups is 2. The molecule has 0 spiro atoms. The number of Topliss-reactive ketones (excluding diaryl/α,β-unsaturated/α-hetero) is 1. The quantitative estimate of drug-likeness (QED) is 0.625. The number of hydrogen-bond acceptors (Lipinski definition) is 4. The summed E-state index contributed by atoms with van der Waals surface area (Å²) in [5.41, 5.74) is 2.30. The zero-order valence-corrected chi connectivity index (χ0v) is 14.8. The van der Waals surface area contributed by atoms with Crippen LogP contribution in [-0.4, -0.2) is 16.7 Å². The van der Waals surface area contributed by atoms with Gasteiger partial charge in [0.05, 0.1) is 15.9 Å². The van der Waals surface area contributed by atoms with Gasteiger partial charge in [-0.15, -0.1) is 0 Å². The van der Waals surface area contributed by atoms with Crippen LogP contribution in [0.4, 0.5) is 10.8 Å². The van der Waals surface area contributed by atoms with Crippen LogP contribution in [0.25, 0.3) is 10.2 Å². The molecule has 1 amide bonds. The largest absolute Gasteiger partial charge is 0.295 e. The number of aromatic nitrogens is 1. The summed E-state index contributed by atoms with van der Waals surface area (Å²) in [5, 5.41) is 0.689. The van der Waals surface area contributed by atoms with Crippen molar-refractivity contribution in [2.24, 2.45) is 5.92 Å². The summed E-state index contributed by atoms with van der Waals surface area (Å²) < 4.78 is 1.06. The molecular weight excluding hydrogens is 332 g/mol. The molecule has 0 N–H and O–H groups in total. The van der Waals surface area contributed by atoms with Crippen molar-refractivity contribution in [2.45, 2.75) is 26.2 Å². The van der Waals surface area contributed by atoms with Crippen molar-refractivity contribution in [3.8, 4) is 0 Å². The predicted molar refractivity (Wildman–Crippen MR) is 101 cm³/mol. The lowest BCUT2D eigenvalue weighted by Gasteiger charge is -2.30. The highest BCUT2D eigenvalue weighted by atomic mass is 32.1. The molecule has 5 heteroatoms. The smallest absolute Gasteiger partial charge is 0.236 e. The second-order valence-electron chi connectivity index (χ2n) is 6.37. The van der Waals surface area contributed by atoms with Crippen LogP contribution >= 0.6 is 11.3 Å². The van der Waals surface area contributed by atoms with Gasteiger partial charge in [0, 0.05) is 11.5 Å². The molecule has 1 heterocycles. The number of thiazole rings is 1. The van der Waals surface area contributed by atoms with Gasteiger partial charge in [-0.2, -0.15) is 0 Å². The predicted octanol–water partition coefficient (Wildman–Crippen LogP) is 4.96. The maximum atomic E-state index is 13.0. The van der Waals surface area contributed by atoms with Gasteiger partial charge in [-0.05, 0) is 56.2 Å². The van der Waals surface area contributed by atoms with E-state index in [0.29, 0.717) is 10.7 Å². The van der Waals surface area contributed by atoms with E-state index < -0.39 is 0 Å². The number of amides is 1. The number of rotatable bonds is 4. The standard InChI is InChI=1S/C20H18N2O2S/c1-13(23)14-9-11-16(12-10-14)22(19(24)15-5-4-6-15)20-21-17-7-2-3-8-18(17)25-20/h2-3,7-12,15H,4-6H2,1H3. The molecule has 1 aliphatic rings. The Balaban J connectivity index is 1.77. The zero-order valence-electron chi connectivity index (χ0n) is 13.9. The van der Waals surface area contributed by atoms with E-state index in [4.69, 9.17) is 0 Å². The third-order valence-corrected chi connectivity index (χ3v) is 5.70. The van der Waals surface area contributed by atoms with Gasteiger partial charge >= 0.3 is 0 Å². The van der Waals surface area contributed by atoms with Gasteiger partial charge in [0.25, 0.3) is 0 Å². The third-order valence-electron chi connectivity index (χ3n) is 4.68. The lowest BCUT2D eigenvalue weighted by Crippen LogP contribution is -2.35. The first kappa shape index (κ1) is 16.0. The maximum Gasteiger partial charge on any atom is 0.236 e. The summed E-state index contributed by atoms with van der Waals surface area (Å²) in [4.78, 5) is 31.0. The van der Waals surface area contributed by atoms with Crippen LogP contribution < -0.4 is 4.90 Å². The molecule has 0 radical (unpaired) electrons. The molecule has 0 bridgehead atoms. The summed E-state index contributed by atoms with van der Waals surface area (Å²) >= 11 is 1.52. The second kappa shape index (κ2) is 6.41. The van der Waals surface area contributed by atoms with Gasteiger partial charge in [-0.1, -0.05) is 29.9 Å². The summed E-state index contributed by atoms with van der Waals surface area (Å²) in [6.07, 6.45) is 2.98. The van der Waals surface area contributed by atoms with Crippen LogP contribution in [0.15, 0.2) is 48.5 Å². The van der Waals surface area contributed by atoms with Crippen LogP contribution in [0, 0.1) is 5.92 Å². The number of fused-ring (bicyclic) bond motifs is 1. The molecule has 0 unspecified atom stereocenters. The number of anilines is 2. The van der Waals surface area contributed by atoms with Crippen LogP contribution in [0.3, 0.4) is 0 Å². The number of ketones is 1. The summed E-state index contributed by atoms with van der Waals surface area (Å²) in [6.45, 7) is 1.54. The number of para-hydroxylation sites is 1. The number of benzene rings is 2. The van der Waals surface area contributed by atoms with E-state index in [9.17, 15) is 9.59 Å². The number of carbonyl (C=O) groups excluding carboxylic acids is 2. The van der Waals surface area contributed by atoms with E-state index in [1.165, 1.54) is 11.3 Å². The van der Waals surface area contributed by atoms with E-state index in [1.54, 1.807) is 24.0 Å². The minimum absolute atomic E-state index is 0.0170. The average molecular weight is 350 g/mol. The van der Waals surface area contributed by atoms with Gasteiger partial charge < -0.3 is 0 Å². The topological polar surface area (TPSA) is 50.3 Å². The van der Waals surface area contributed by atoms with Crippen LogP contribution in [0.1, 0.15) is 36.5 Å². The molecule has 2 aromatic carbocycles. The Kier molecular flexibility index (Phi) is 4.09. The number of hydrogen-bond donors (Lipinski definition) is 0. The first-order chi connectivity index (χ1) is 12.1. The summed E-state index contributed by atoms with van der Waals surface area (Å²) in [6, 6.07) is 15.1. The molecule has 1 saturated carbocycles. The summed E-state index contributed by atoms with van der Waals surface area (Å²) in [5.74, 6) is 0.184. The second-order valence-corrected chi connectivity index (χ2v) is 7.38. The lowest BCUT2D eigenvalue weighted by molar-refractivity contribution is -0.123. The molecule has 3 aromatic rings. The Hall–Kier alpha value is -2.53. The Morgan fingerprint density at radius 2 is 1.80 bits per heavy atom. The van der Waals surface area contributed by atoms with Gasteiger partial charge in [-0.25, -0.2) is 4.98 Å². The molecule has 4 rings (SSSR count). The molecule has 0 atom stereocenters. The van der Waals surface area contributed by atoms with Crippen molar-refractivity contribution in [3.63, 3.8) is 0 Å². The first-order valence-corrected chi connectivity index (χ1v) is 9.25. The SMILES string of the molecule is CC(=O)c1ccc(N(C(=O)C2CCC2)c2nc3ccccc3s2)cc1. The monoisotopic (exact) mass is 350 g/mol. The highest BCUT2D eigenvalue weighted by Crippen LogP contribution is 2.38. The maximum absolute atomic E-state index is 13.0. The lowest BCUT2D eigenvalue weighted by atomic mass is 9.84. The molecule has 0 aliphatic heterocycles. The molecular formula is C20H18N2O2S. The molecule has 25 heavy (non-hydrogen) atoms. The molecule has 1 fully saturated rings. The highest BCUT2D eigenvalue weighted by molar-refractivity contribution is 7.22. The van der Waals surface area contributed by atoms with Crippen molar-refractivity contribution in [3.05, 3.63) is 54.1 Å². The minimum Gasteiger partial charge on any atom is -0.295 e. The van der Waals surface area contributed by atoms with Crippen LogP contribution in [0.5, 0.6) is 0 Å². The number of nitrogens with zero attached hydrogens (tertiary/aromatic N) is 2. The van der Waals surface area contributed by atoms with E-state index in [0.717, 1.165) is 35.2 Å². The highest BCUT2D eigenvalue weighted by Gasteiger charge is 2.32. The minimum atomic E-state index is 0.0170. The third kappa shape index (κ3) is 2.96. The normalized spacial score (nSPS) is 14.3. The Labute approximate surface area is 150 Å². The average Bonchev–Trinajstić information content (AvgIpc) is 2.97. The molecule has 4 nitrogen and oxygen atoms in total. The van der Waals surface area contributed by atoms with E-state index in [1.807, 2.05) is 36.4 Å².